The molecule has 0 fully saturated rings. The van der Waals surface area contributed by atoms with E-state index in [1.54, 1.807) is 6.92 Å². The molecule has 0 saturated heterocycles. The van der Waals surface area contributed by atoms with Crippen LogP contribution in [0.5, 0.6) is 5.75 Å². The molecule has 4 nitrogen and oxygen atoms in total. The minimum Gasteiger partial charge on any atom is -0.481 e. The second kappa shape index (κ2) is 8.90. The quantitative estimate of drug-likeness (QED) is 0.725. The zero-order valence-electron chi connectivity index (χ0n) is 13.2. The zero-order chi connectivity index (χ0) is 15.8. The van der Waals surface area contributed by atoms with E-state index in [4.69, 9.17) is 16.3 Å². The number of carbonyl (C=O) groups is 1. The summed E-state index contributed by atoms with van der Waals surface area (Å²) >= 11 is 6.24. The molecule has 1 unspecified atom stereocenters. The normalized spacial score (nSPS) is 12.3. The summed E-state index contributed by atoms with van der Waals surface area (Å²) in [4.78, 5) is 11.9. The molecular formula is C16H25ClN2O2. The monoisotopic (exact) mass is 312 g/mol. The first-order valence-corrected chi connectivity index (χ1v) is 7.78. The Morgan fingerprint density at radius 1 is 1.33 bits per heavy atom. The van der Waals surface area contributed by atoms with Gasteiger partial charge in [0, 0.05) is 23.2 Å². The molecule has 1 amide bonds. The topological polar surface area (TPSA) is 50.4 Å². The average molecular weight is 313 g/mol. The Bertz CT molecular complexity index is 464. The van der Waals surface area contributed by atoms with Gasteiger partial charge >= 0.3 is 0 Å². The molecule has 1 atom stereocenters. The smallest absolute Gasteiger partial charge is 0.260 e. The van der Waals surface area contributed by atoms with Crippen LogP contribution in [0.15, 0.2) is 18.2 Å². The van der Waals surface area contributed by atoms with Crippen molar-refractivity contribution >= 4 is 17.5 Å². The van der Waals surface area contributed by atoms with Crippen LogP contribution in [-0.4, -0.2) is 24.6 Å². The van der Waals surface area contributed by atoms with Gasteiger partial charge in [-0.2, -0.15) is 0 Å². The summed E-state index contributed by atoms with van der Waals surface area (Å²) in [5, 5.41) is 6.78. The molecule has 0 saturated carbocycles. The maximum absolute atomic E-state index is 11.9. The number of hydrogen-bond donors (Lipinski definition) is 2. The number of carbonyl (C=O) groups excluding carboxylic acids is 1. The first-order valence-electron chi connectivity index (χ1n) is 7.40. The van der Waals surface area contributed by atoms with Crippen molar-refractivity contribution in [2.24, 2.45) is 0 Å². The molecular weight excluding hydrogens is 288 g/mol. The fraction of sp³-hybridized carbons (Fsp3) is 0.562. The summed E-state index contributed by atoms with van der Waals surface area (Å²) in [7, 11) is 0. The van der Waals surface area contributed by atoms with Gasteiger partial charge in [-0.25, -0.2) is 0 Å². The Morgan fingerprint density at radius 2 is 2.05 bits per heavy atom. The van der Waals surface area contributed by atoms with Crippen molar-refractivity contribution in [2.45, 2.75) is 52.8 Å². The van der Waals surface area contributed by atoms with Crippen molar-refractivity contribution in [3.8, 4) is 5.75 Å². The van der Waals surface area contributed by atoms with Crippen LogP contribution in [0.1, 0.15) is 39.7 Å². The SMILES string of the molecule is CCCNCc1c(Cl)cccc1OC(C)C(=O)NC(C)C. The van der Waals surface area contributed by atoms with Crippen molar-refractivity contribution in [1.82, 2.24) is 10.6 Å². The molecule has 2 N–H and O–H groups in total. The lowest BCUT2D eigenvalue weighted by molar-refractivity contribution is -0.127. The summed E-state index contributed by atoms with van der Waals surface area (Å²) in [6.45, 7) is 9.22. The Hall–Kier alpha value is -1.26. The van der Waals surface area contributed by atoms with Crippen LogP contribution in [0.25, 0.3) is 0 Å². The number of ether oxygens (including phenoxy) is 1. The van der Waals surface area contributed by atoms with Gasteiger partial charge in [0.2, 0.25) is 0 Å². The van der Waals surface area contributed by atoms with Gasteiger partial charge in [-0.3, -0.25) is 4.79 Å². The van der Waals surface area contributed by atoms with E-state index in [0.29, 0.717) is 17.3 Å². The minimum absolute atomic E-state index is 0.0913. The fourth-order valence-electron chi connectivity index (χ4n) is 1.86. The van der Waals surface area contributed by atoms with Crippen LogP contribution >= 0.6 is 11.6 Å². The zero-order valence-corrected chi connectivity index (χ0v) is 14.0. The summed E-state index contributed by atoms with van der Waals surface area (Å²) in [6.07, 6.45) is 0.490. The Labute approximate surface area is 132 Å². The van der Waals surface area contributed by atoms with Gasteiger partial charge in [0.25, 0.3) is 5.91 Å². The van der Waals surface area contributed by atoms with Crippen LogP contribution in [-0.2, 0) is 11.3 Å². The maximum atomic E-state index is 11.9. The Kier molecular flexibility index (Phi) is 7.54. The molecule has 0 radical (unpaired) electrons. The molecule has 0 aromatic heterocycles. The molecule has 0 aliphatic carbocycles. The van der Waals surface area contributed by atoms with E-state index in [1.807, 2.05) is 32.0 Å². The second-order valence-electron chi connectivity index (χ2n) is 5.32. The highest BCUT2D eigenvalue weighted by Crippen LogP contribution is 2.27. The van der Waals surface area contributed by atoms with Crippen LogP contribution in [0, 0.1) is 0 Å². The third-order valence-corrected chi connectivity index (χ3v) is 3.26. The fourth-order valence-corrected chi connectivity index (χ4v) is 2.09. The lowest BCUT2D eigenvalue weighted by atomic mass is 10.2. The standard InChI is InChI=1S/C16H25ClN2O2/c1-5-9-18-10-13-14(17)7-6-8-15(13)21-12(4)16(20)19-11(2)3/h6-8,11-12,18H,5,9-10H2,1-4H3,(H,19,20). The largest absolute Gasteiger partial charge is 0.481 e. The number of halogens is 1. The third-order valence-electron chi connectivity index (χ3n) is 2.91. The molecule has 1 rings (SSSR count). The predicted molar refractivity (Wildman–Crippen MR) is 86.8 cm³/mol. The number of nitrogens with one attached hydrogen (secondary N) is 2. The van der Waals surface area contributed by atoms with E-state index in [2.05, 4.69) is 17.6 Å². The second-order valence-corrected chi connectivity index (χ2v) is 5.72. The van der Waals surface area contributed by atoms with Gasteiger partial charge in [0.15, 0.2) is 6.10 Å². The van der Waals surface area contributed by atoms with Crippen LogP contribution in [0.2, 0.25) is 5.02 Å². The van der Waals surface area contributed by atoms with Gasteiger partial charge in [-0.1, -0.05) is 24.6 Å². The van der Waals surface area contributed by atoms with Crippen LogP contribution < -0.4 is 15.4 Å². The van der Waals surface area contributed by atoms with Gasteiger partial charge in [0.05, 0.1) is 0 Å². The van der Waals surface area contributed by atoms with E-state index in [1.165, 1.54) is 0 Å². The van der Waals surface area contributed by atoms with Crippen LogP contribution in [0.3, 0.4) is 0 Å². The first kappa shape index (κ1) is 17.8. The van der Waals surface area contributed by atoms with Crippen molar-refractivity contribution in [3.05, 3.63) is 28.8 Å². The van der Waals surface area contributed by atoms with Gasteiger partial charge in [0.1, 0.15) is 5.75 Å². The average Bonchev–Trinajstić information content (AvgIpc) is 2.41. The molecule has 1 aromatic carbocycles. The summed E-state index contributed by atoms with van der Waals surface area (Å²) in [5.74, 6) is 0.523. The minimum atomic E-state index is -0.559. The van der Waals surface area contributed by atoms with Crippen molar-refractivity contribution in [1.29, 1.82) is 0 Å². The van der Waals surface area contributed by atoms with Gasteiger partial charge in [-0.15, -0.1) is 0 Å². The number of benzene rings is 1. The maximum Gasteiger partial charge on any atom is 0.260 e. The highest BCUT2D eigenvalue weighted by Gasteiger charge is 2.17. The van der Waals surface area contributed by atoms with E-state index in [-0.39, 0.29) is 11.9 Å². The summed E-state index contributed by atoms with van der Waals surface area (Å²) in [6, 6.07) is 5.59. The molecule has 118 valence electrons. The highest BCUT2D eigenvalue weighted by atomic mass is 35.5. The summed E-state index contributed by atoms with van der Waals surface area (Å²) in [5.41, 5.74) is 0.886. The highest BCUT2D eigenvalue weighted by molar-refractivity contribution is 6.31. The number of amides is 1. The van der Waals surface area contributed by atoms with E-state index in [0.717, 1.165) is 18.5 Å². The molecule has 0 aliphatic heterocycles. The molecule has 0 spiro atoms. The van der Waals surface area contributed by atoms with Crippen molar-refractivity contribution in [3.63, 3.8) is 0 Å². The summed E-state index contributed by atoms with van der Waals surface area (Å²) < 4.78 is 5.78. The first-order chi connectivity index (χ1) is 9.95. The van der Waals surface area contributed by atoms with Gasteiger partial charge < -0.3 is 15.4 Å². The molecule has 0 heterocycles. The van der Waals surface area contributed by atoms with Crippen molar-refractivity contribution in [2.75, 3.05) is 6.54 Å². The molecule has 0 bridgehead atoms. The Morgan fingerprint density at radius 3 is 2.67 bits per heavy atom. The lowest BCUT2D eigenvalue weighted by Gasteiger charge is -2.19. The van der Waals surface area contributed by atoms with E-state index >= 15 is 0 Å². The van der Waals surface area contributed by atoms with Crippen LogP contribution in [0.4, 0.5) is 0 Å². The molecule has 5 heteroatoms. The van der Waals surface area contributed by atoms with Crippen molar-refractivity contribution < 1.29 is 9.53 Å². The molecule has 1 aromatic rings. The van der Waals surface area contributed by atoms with Gasteiger partial charge in [-0.05, 0) is 45.9 Å². The molecule has 21 heavy (non-hydrogen) atoms. The van der Waals surface area contributed by atoms with E-state index in [9.17, 15) is 4.79 Å². The lowest BCUT2D eigenvalue weighted by Crippen LogP contribution is -2.40. The molecule has 0 aliphatic rings. The predicted octanol–water partition coefficient (Wildman–Crippen LogP) is 3.13. The number of rotatable bonds is 8. The van der Waals surface area contributed by atoms with E-state index < -0.39 is 6.10 Å². The third kappa shape index (κ3) is 5.94. The Balaban J connectivity index is 2.77. The number of hydrogen-bond acceptors (Lipinski definition) is 3.